The standard InChI is InChI=1S/C12H10S4/c13-9(11-3-1-7-15-11)5-6-10(14)12-4-2-8-16-12/h1-8,13-14H/b9-5-,10-6-. The van der Waals surface area contributed by atoms with E-state index < -0.39 is 0 Å². The van der Waals surface area contributed by atoms with Crippen molar-refractivity contribution < 1.29 is 0 Å². The second kappa shape index (κ2) is 5.77. The molecular formula is C12H10S4. The largest absolute Gasteiger partial charge is 0.143 e. The van der Waals surface area contributed by atoms with Crippen molar-refractivity contribution >= 4 is 57.7 Å². The lowest BCUT2D eigenvalue weighted by Gasteiger charge is -1.95. The predicted octanol–water partition coefficient (Wildman–Crippen LogP) is 5.05. The molecule has 0 aliphatic carbocycles. The summed E-state index contributed by atoms with van der Waals surface area (Å²) in [5.41, 5.74) is 0. The second-order valence-corrected chi connectivity index (χ2v) is 5.92. The minimum atomic E-state index is 0.970. The number of hydrogen-bond donors (Lipinski definition) is 2. The van der Waals surface area contributed by atoms with Crippen LogP contribution in [0.3, 0.4) is 0 Å². The molecule has 0 spiro atoms. The van der Waals surface area contributed by atoms with Gasteiger partial charge in [-0.2, -0.15) is 0 Å². The molecule has 0 aromatic carbocycles. The molecule has 0 aliphatic rings. The van der Waals surface area contributed by atoms with Crippen LogP contribution in [-0.2, 0) is 0 Å². The molecule has 0 saturated heterocycles. The highest BCUT2D eigenvalue weighted by Crippen LogP contribution is 2.26. The summed E-state index contributed by atoms with van der Waals surface area (Å²) in [7, 11) is 0. The van der Waals surface area contributed by atoms with E-state index in [9.17, 15) is 0 Å². The molecule has 16 heavy (non-hydrogen) atoms. The summed E-state index contributed by atoms with van der Waals surface area (Å²) in [6.07, 6.45) is 3.97. The lowest BCUT2D eigenvalue weighted by molar-refractivity contribution is 1.90. The Labute approximate surface area is 114 Å². The molecular weight excluding hydrogens is 272 g/mol. The maximum atomic E-state index is 4.45. The number of allylic oxidation sites excluding steroid dienone is 2. The quantitative estimate of drug-likeness (QED) is 0.571. The Balaban J connectivity index is 2.17. The fraction of sp³-hybridized carbons (Fsp3) is 0. The van der Waals surface area contributed by atoms with Gasteiger partial charge in [0, 0.05) is 19.6 Å². The summed E-state index contributed by atoms with van der Waals surface area (Å²) in [5.74, 6) is 0. The summed E-state index contributed by atoms with van der Waals surface area (Å²) in [4.78, 5) is 4.29. The minimum absolute atomic E-state index is 0.970. The smallest absolute Gasteiger partial charge is 0.0403 e. The van der Waals surface area contributed by atoms with Crippen molar-refractivity contribution in [3.8, 4) is 0 Å². The van der Waals surface area contributed by atoms with E-state index in [0.29, 0.717) is 0 Å². The normalized spacial score (nSPS) is 13.1. The highest BCUT2D eigenvalue weighted by atomic mass is 32.1. The topological polar surface area (TPSA) is 0 Å². The van der Waals surface area contributed by atoms with Crippen LogP contribution in [0.15, 0.2) is 47.2 Å². The molecule has 2 rings (SSSR count). The van der Waals surface area contributed by atoms with E-state index in [1.807, 2.05) is 35.0 Å². The Morgan fingerprint density at radius 3 is 1.62 bits per heavy atom. The van der Waals surface area contributed by atoms with E-state index in [1.54, 1.807) is 22.7 Å². The number of thiol groups is 2. The van der Waals surface area contributed by atoms with Crippen molar-refractivity contribution in [2.75, 3.05) is 0 Å². The Hall–Kier alpha value is -0.420. The van der Waals surface area contributed by atoms with Crippen LogP contribution >= 0.6 is 47.9 Å². The summed E-state index contributed by atoms with van der Waals surface area (Å²) < 4.78 is 0. The average Bonchev–Trinajstić information content (AvgIpc) is 2.95. The van der Waals surface area contributed by atoms with Gasteiger partial charge >= 0.3 is 0 Å². The average molecular weight is 282 g/mol. The molecule has 0 amide bonds. The first-order chi connectivity index (χ1) is 7.77. The van der Waals surface area contributed by atoms with Crippen molar-refractivity contribution in [3.63, 3.8) is 0 Å². The number of rotatable bonds is 3. The van der Waals surface area contributed by atoms with Crippen LogP contribution in [0.2, 0.25) is 0 Å². The molecule has 2 aromatic heterocycles. The lowest BCUT2D eigenvalue weighted by Crippen LogP contribution is -1.69. The summed E-state index contributed by atoms with van der Waals surface area (Å²) in [5, 5.41) is 4.09. The van der Waals surface area contributed by atoms with Crippen LogP contribution in [0.1, 0.15) is 9.75 Å². The molecule has 0 N–H and O–H groups in total. The monoisotopic (exact) mass is 282 g/mol. The van der Waals surface area contributed by atoms with E-state index in [4.69, 9.17) is 0 Å². The highest BCUT2D eigenvalue weighted by Gasteiger charge is 1.97. The van der Waals surface area contributed by atoms with E-state index in [2.05, 4.69) is 37.4 Å². The van der Waals surface area contributed by atoms with Gasteiger partial charge in [0.15, 0.2) is 0 Å². The molecule has 0 fully saturated rings. The third-order valence-electron chi connectivity index (χ3n) is 1.95. The summed E-state index contributed by atoms with van der Waals surface area (Å²) in [6.45, 7) is 0. The molecule has 0 saturated carbocycles. The minimum Gasteiger partial charge on any atom is -0.143 e. The molecule has 0 bridgehead atoms. The molecule has 2 heterocycles. The fourth-order valence-electron chi connectivity index (χ4n) is 1.17. The third-order valence-corrected chi connectivity index (χ3v) is 4.84. The molecule has 4 heteroatoms. The molecule has 82 valence electrons. The molecule has 2 aromatic rings. The molecule has 0 atom stereocenters. The van der Waals surface area contributed by atoms with Gasteiger partial charge in [-0.3, -0.25) is 0 Å². The van der Waals surface area contributed by atoms with Crippen LogP contribution in [0.4, 0.5) is 0 Å². The maximum absolute atomic E-state index is 4.45. The van der Waals surface area contributed by atoms with E-state index in [0.717, 1.165) is 9.81 Å². The molecule has 0 nitrogen and oxygen atoms in total. The van der Waals surface area contributed by atoms with Gasteiger partial charge in [-0.25, -0.2) is 0 Å². The van der Waals surface area contributed by atoms with E-state index in [1.165, 1.54) is 9.75 Å². The van der Waals surface area contributed by atoms with Crippen molar-refractivity contribution in [3.05, 3.63) is 56.9 Å². The van der Waals surface area contributed by atoms with Crippen molar-refractivity contribution in [2.24, 2.45) is 0 Å². The van der Waals surface area contributed by atoms with Crippen molar-refractivity contribution in [2.45, 2.75) is 0 Å². The third kappa shape index (κ3) is 3.04. The summed E-state index contributed by atoms with van der Waals surface area (Å²) >= 11 is 12.3. The van der Waals surface area contributed by atoms with Crippen LogP contribution < -0.4 is 0 Å². The van der Waals surface area contributed by atoms with Gasteiger partial charge in [0.1, 0.15) is 0 Å². The van der Waals surface area contributed by atoms with Gasteiger partial charge in [0.05, 0.1) is 0 Å². The Bertz CT molecular complexity index is 441. The first-order valence-corrected chi connectivity index (χ1v) is 7.30. The van der Waals surface area contributed by atoms with Crippen LogP contribution in [0.5, 0.6) is 0 Å². The highest BCUT2D eigenvalue weighted by molar-refractivity contribution is 7.91. The summed E-state index contributed by atoms with van der Waals surface area (Å²) in [6, 6.07) is 8.16. The van der Waals surface area contributed by atoms with Crippen LogP contribution in [-0.4, -0.2) is 0 Å². The van der Waals surface area contributed by atoms with Gasteiger partial charge in [-0.1, -0.05) is 12.1 Å². The Morgan fingerprint density at radius 2 is 1.31 bits per heavy atom. The van der Waals surface area contributed by atoms with Gasteiger partial charge in [0.2, 0.25) is 0 Å². The fourth-order valence-corrected chi connectivity index (χ4v) is 3.08. The number of hydrogen-bond acceptors (Lipinski definition) is 4. The zero-order chi connectivity index (χ0) is 11.4. The van der Waals surface area contributed by atoms with Gasteiger partial charge in [-0.05, 0) is 35.0 Å². The first kappa shape index (κ1) is 12.0. The number of thiophene rings is 2. The zero-order valence-electron chi connectivity index (χ0n) is 8.33. The van der Waals surface area contributed by atoms with E-state index in [-0.39, 0.29) is 0 Å². The first-order valence-electron chi connectivity index (χ1n) is 4.65. The zero-order valence-corrected chi connectivity index (χ0v) is 11.8. The van der Waals surface area contributed by atoms with Gasteiger partial charge in [0.25, 0.3) is 0 Å². The predicted molar refractivity (Wildman–Crippen MR) is 82.6 cm³/mol. The Kier molecular flexibility index (Phi) is 4.35. The SMILES string of the molecule is S/C(=C\C=C(/S)c1cccs1)c1cccs1. The van der Waals surface area contributed by atoms with Crippen molar-refractivity contribution in [1.29, 1.82) is 0 Å². The Morgan fingerprint density at radius 1 is 0.875 bits per heavy atom. The van der Waals surface area contributed by atoms with Crippen LogP contribution in [0.25, 0.3) is 9.81 Å². The lowest BCUT2D eigenvalue weighted by atomic mass is 10.3. The van der Waals surface area contributed by atoms with Gasteiger partial charge < -0.3 is 0 Å². The van der Waals surface area contributed by atoms with Gasteiger partial charge in [-0.15, -0.1) is 47.9 Å². The van der Waals surface area contributed by atoms with Crippen LogP contribution in [0, 0.1) is 0 Å². The second-order valence-electron chi connectivity index (χ2n) is 3.06. The molecule has 0 aliphatic heterocycles. The van der Waals surface area contributed by atoms with Crippen molar-refractivity contribution in [1.82, 2.24) is 0 Å². The maximum Gasteiger partial charge on any atom is 0.0403 e. The molecule has 0 radical (unpaired) electrons. The van der Waals surface area contributed by atoms with E-state index >= 15 is 0 Å². The molecule has 0 unspecified atom stereocenters.